The number of anilines is 1. The number of rotatable bonds is 6. The summed E-state index contributed by atoms with van der Waals surface area (Å²) >= 11 is 0. The van der Waals surface area contributed by atoms with Gasteiger partial charge in [-0.1, -0.05) is 18.2 Å². The number of hydrogen-bond acceptors (Lipinski definition) is 4. The summed E-state index contributed by atoms with van der Waals surface area (Å²) in [5, 5.41) is 4.16. The molecule has 0 saturated heterocycles. The molecule has 0 aliphatic rings. The highest BCUT2D eigenvalue weighted by Crippen LogP contribution is 2.05. The molecule has 0 fully saturated rings. The lowest BCUT2D eigenvalue weighted by molar-refractivity contribution is -0.135. The number of hydrogen-bond donors (Lipinski definition) is 1. The fraction of sp³-hybridized carbons (Fsp3) is 0.200. The number of nitrogens with zero attached hydrogens (tertiary/aromatic N) is 2. The van der Waals surface area contributed by atoms with Gasteiger partial charge < -0.3 is 9.30 Å². The lowest BCUT2D eigenvalue weighted by Gasteiger charge is -2.08. The van der Waals surface area contributed by atoms with E-state index in [0.29, 0.717) is 18.9 Å². The second-order valence-corrected chi connectivity index (χ2v) is 4.11. The SMILES string of the molecule is CCOC(=O)/C(Cn1cccc1)=N/Nc1ccccc1. The number of aromatic nitrogens is 1. The summed E-state index contributed by atoms with van der Waals surface area (Å²) in [6.07, 6.45) is 3.74. The first-order valence-electron chi connectivity index (χ1n) is 6.45. The second kappa shape index (κ2) is 7.13. The van der Waals surface area contributed by atoms with Crippen molar-refractivity contribution in [1.29, 1.82) is 0 Å². The van der Waals surface area contributed by atoms with Crippen LogP contribution >= 0.6 is 0 Å². The maximum absolute atomic E-state index is 11.9. The van der Waals surface area contributed by atoms with Gasteiger partial charge in [0.1, 0.15) is 0 Å². The molecule has 5 heteroatoms. The number of nitrogens with one attached hydrogen (secondary N) is 1. The first-order valence-corrected chi connectivity index (χ1v) is 6.45. The predicted molar refractivity (Wildman–Crippen MR) is 78.6 cm³/mol. The summed E-state index contributed by atoms with van der Waals surface area (Å²) in [6.45, 7) is 2.47. The van der Waals surface area contributed by atoms with Crippen molar-refractivity contribution in [3.8, 4) is 0 Å². The van der Waals surface area contributed by atoms with E-state index < -0.39 is 5.97 Å². The van der Waals surface area contributed by atoms with Gasteiger partial charge in [0.2, 0.25) is 0 Å². The minimum Gasteiger partial charge on any atom is -0.461 e. The standard InChI is InChI=1S/C15H17N3O2/c1-2-20-15(19)14(12-18-10-6-7-11-18)17-16-13-8-4-3-5-9-13/h3-11,16H,2,12H2,1H3/b17-14+. The molecule has 0 aliphatic heterocycles. The molecular weight excluding hydrogens is 254 g/mol. The van der Waals surface area contributed by atoms with Gasteiger partial charge in [0.15, 0.2) is 5.71 Å². The molecule has 0 radical (unpaired) electrons. The molecule has 1 aromatic carbocycles. The maximum atomic E-state index is 11.9. The highest BCUT2D eigenvalue weighted by atomic mass is 16.5. The van der Waals surface area contributed by atoms with Gasteiger partial charge in [-0.15, -0.1) is 0 Å². The fourth-order valence-electron chi connectivity index (χ4n) is 1.65. The van der Waals surface area contributed by atoms with Crippen molar-refractivity contribution in [1.82, 2.24) is 4.57 Å². The van der Waals surface area contributed by atoms with Gasteiger partial charge >= 0.3 is 5.97 Å². The average molecular weight is 271 g/mol. The van der Waals surface area contributed by atoms with Crippen LogP contribution in [0.2, 0.25) is 0 Å². The Morgan fingerprint density at radius 1 is 1.20 bits per heavy atom. The number of ether oxygens (including phenoxy) is 1. The Kier molecular flexibility index (Phi) is 4.94. The lowest BCUT2D eigenvalue weighted by atomic mass is 10.3. The molecule has 20 heavy (non-hydrogen) atoms. The normalized spacial score (nSPS) is 11.2. The highest BCUT2D eigenvalue weighted by molar-refractivity contribution is 6.36. The van der Waals surface area contributed by atoms with Gasteiger partial charge in [-0.2, -0.15) is 5.10 Å². The van der Waals surface area contributed by atoms with E-state index in [2.05, 4.69) is 10.5 Å². The summed E-state index contributed by atoms with van der Waals surface area (Å²) in [6, 6.07) is 13.3. The Bertz CT molecular complexity index is 562. The van der Waals surface area contributed by atoms with E-state index >= 15 is 0 Å². The lowest BCUT2D eigenvalue weighted by Crippen LogP contribution is -2.23. The van der Waals surface area contributed by atoms with Crippen LogP contribution in [-0.2, 0) is 16.1 Å². The highest BCUT2D eigenvalue weighted by Gasteiger charge is 2.13. The number of para-hydroxylation sites is 1. The van der Waals surface area contributed by atoms with E-state index in [0.717, 1.165) is 5.69 Å². The number of benzene rings is 1. The second-order valence-electron chi connectivity index (χ2n) is 4.11. The molecule has 0 bridgehead atoms. The topological polar surface area (TPSA) is 55.6 Å². The third-order valence-corrected chi connectivity index (χ3v) is 2.60. The van der Waals surface area contributed by atoms with E-state index in [9.17, 15) is 4.79 Å². The van der Waals surface area contributed by atoms with Gasteiger partial charge in [-0.05, 0) is 31.2 Å². The van der Waals surface area contributed by atoms with Crippen LogP contribution in [0.15, 0.2) is 60.0 Å². The zero-order valence-electron chi connectivity index (χ0n) is 11.3. The van der Waals surface area contributed by atoms with Crippen molar-refractivity contribution in [3.63, 3.8) is 0 Å². The van der Waals surface area contributed by atoms with Crippen molar-refractivity contribution in [2.24, 2.45) is 5.10 Å². The van der Waals surface area contributed by atoms with Crippen molar-refractivity contribution in [3.05, 3.63) is 54.9 Å². The quantitative estimate of drug-likeness (QED) is 0.499. The Morgan fingerprint density at radius 3 is 2.55 bits per heavy atom. The van der Waals surface area contributed by atoms with E-state index in [1.807, 2.05) is 59.4 Å². The molecule has 1 N–H and O–H groups in total. The first kappa shape index (κ1) is 13.9. The number of carbonyl (C=O) groups excluding carboxylic acids is 1. The number of carbonyl (C=O) groups is 1. The van der Waals surface area contributed by atoms with Crippen molar-refractivity contribution in [2.75, 3.05) is 12.0 Å². The van der Waals surface area contributed by atoms with Crippen LogP contribution in [-0.4, -0.2) is 22.9 Å². The van der Waals surface area contributed by atoms with Gasteiger partial charge in [-0.3, -0.25) is 5.43 Å². The van der Waals surface area contributed by atoms with Gasteiger partial charge in [-0.25, -0.2) is 4.79 Å². The minimum atomic E-state index is -0.412. The molecule has 1 aromatic heterocycles. The minimum absolute atomic E-state index is 0.326. The molecule has 0 amide bonds. The summed E-state index contributed by atoms with van der Waals surface area (Å²) in [4.78, 5) is 11.9. The van der Waals surface area contributed by atoms with Crippen LogP contribution in [0.5, 0.6) is 0 Å². The largest absolute Gasteiger partial charge is 0.461 e. The van der Waals surface area contributed by atoms with Crippen molar-refractivity contribution < 1.29 is 9.53 Å². The zero-order valence-corrected chi connectivity index (χ0v) is 11.3. The number of esters is 1. The van der Waals surface area contributed by atoms with Gasteiger partial charge in [0.05, 0.1) is 18.8 Å². The van der Waals surface area contributed by atoms with Crippen LogP contribution in [0.1, 0.15) is 6.92 Å². The van der Waals surface area contributed by atoms with Crippen molar-refractivity contribution >= 4 is 17.4 Å². The zero-order chi connectivity index (χ0) is 14.2. The van der Waals surface area contributed by atoms with Crippen LogP contribution in [0.25, 0.3) is 0 Å². The van der Waals surface area contributed by atoms with E-state index in [4.69, 9.17) is 4.74 Å². The Morgan fingerprint density at radius 2 is 1.90 bits per heavy atom. The molecule has 2 aromatic rings. The van der Waals surface area contributed by atoms with Crippen molar-refractivity contribution in [2.45, 2.75) is 13.5 Å². The third kappa shape index (κ3) is 3.98. The molecule has 0 aliphatic carbocycles. The summed E-state index contributed by atoms with van der Waals surface area (Å²) in [5.41, 5.74) is 4.02. The molecule has 104 valence electrons. The van der Waals surface area contributed by atoms with Crippen LogP contribution in [0, 0.1) is 0 Å². The molecule has 0 unspecified atom stereocenters. The van der Waals surface area contributed by atoms with Crippen LogP contribution < -0.4 is 5.43 Å². The number of hydrazone groups is 1. The molecule has 0 saturated carbocycles. The van der Waals surface area contributed by atoms with E-state index in [-0.39, 0.29) is 0 Å². The Labute approximate surface area is 117 Å². The average Bonchev–Trinajstić information content (AvgIpc) is 2.97. The van der Waals surface area contributed by atoms with Crippen LogP contribution in [0.3, 0.4) is 0 Å². The molecule has 1 heterocycles. The smallest absolute Gasteiger partial charge is 0.356 e. The molecule has 2 rings (SSSR count). The van der Waals surface area contributed by atoms with E-state index in [1.54, 1.807) is 6.92 Å². The summed E-state index contributed by atoms with van der Waals surface area (Å²) in [7, 11) is 0. The Hall–Kier alpha value is -2.56. The maximum Gasteiger partial charge on any atom is 0.356 e. The molecule has 0 atom stereocenters. The molecule has 5 nitrogen and oxygen atoms in total. The van der Waals surface area contributed by atoms with E-state index in [1.165, 1.54) is 0 Å². The van der Waals surface area contributed by atoms with Crippen LogP contribution in [0.4, 0.5) is 5.69 Å². The van der Waals surface area contributed by atoms with Gasteiger partial charge in [0, 0.05) is 12.4 Å². The predicted octanol–water partition coefficient (Wildman–Crippen LogP) is 2.52. The molecule has 0 spiro atoms. The van der Waals surface area contributed by atoms with Gasteiger partial charge in [0.25, 0.3) is 0 Å². The first-order chi connectivity index (χ1) is 9.79. The summed E-state index contributed by atoms with van der Waals surface area (Å²) in [5.74, 6) is -0.412. The third-order valence-electron chi connectivity index (χ3n) is 2.60. The fourth-order valence-corrected chi connectivity index (χ4v) is 1.65. The monoisotopic (exact) mass is 271 g/mol. The molecular formula is C15H17N3O2. The summed E-state index contributed by atoms with van der Waals surface area (Å²) < 4.78 is 6.88. The Balaban J connectivity index is 2.10.